The van der Waals surface area contributed by atoms with Gasteiger partial charge in [-0.15, -0.1) is 0 Å². The number of nitrogens with one attached hydrogen (secondary N) is 2. The monoisotopic (exact) mass is 417 g/mol. The van der Waals surface area contributed by atoms with E-state index >= 15 is 0 Å². The van der Waals surface area contributed by atoms with Crippen LogP contribution >= 0.6 is 11.6 Å². The molecular weight excluding hydrogens is 401 g/mol. The minimum absolute atomic E-state index is 0.0247. The van der Waals surface area contributed by atoms with Crippen LogP contribution in [0.5, 0.6) is 5.75 Å². The molecule has 0 spiro atoms. The van der Waals surface area contributed by atoms with E-state index in [-0.39, 0.29) is 29.8 Å². The molecule has 0 atom stereocenters. The Kier molecular flexibility index (Phi) is 6.46. The molecule has 1 heterocycles. The van der Waals surface area contributed by atoms with Gasteiger partial charge < -0.3 is 19.8 Å². The SMILES string of the molecule is C=C(CCNC(=O)COc1ccc(Cl)c(F)c1)NC(=O)c1ccc2ocnc2c1. The highest BCUT2D eigenvalue weighted by Crippen LogP contribution is 2.20. The van der Waals surface area contributed by atoms with Crippen LogP contribution < -0.4 is 15.4 Å². The van der Waals surface area contributed by atoms with Crippen LogP contribution in [-0.2, 0) is 4.79 Å². The van der Waals surface area contributed by atoms with E-state index in [4.69, 9.17) is 20.8 Å². The molecule has 0 aliphatic heterocycles. The first-order valence-corrected chi connectivity index (χ1v) is 8.97. The Morgan fingerprint density at radius 2 is 2.07 bits per heavy atom. The van der Waals surface area contributed by atoms with Crippen molar-refractivity contribution in [3.63, 3.8) is 0 Å². The van der Waals surface area contributed by atoms with E-state index in [1.165, 1.54) is 18.5 Å². The molecule has 0 unspecified atom stereocenters. The Morgan fingerprint density at radius 1 is 1.24 bits per heavy atom. The highest BCUT2D eigenvalue weighted by atomic mass is 35.5. The lowest BCUT2D eigenvalue weighted by Crippen LogP contribution is -2.31. The summed E-state index contributed by atoms with van der Waals surface area (Å²) in [5, 5.41) is 5.27. The highest BCUT2D eigenvalue weighted by molar-refractivity contribution is 6.30. The Balaban J connectivity index is 1.39. The lowest BCUT2D eigenvalue weighted by molar-refractivity contribution is -0.123. The molecule has 3 aromatic rings. The smallest absolute Gasteiger partial charge is 0.257 e. The van der Waals surface area contributed by atoms with Crippen LogP contribution in [0.4, 0.5) is 4.39 Å². The summed E-state index contributed by atoms with van der Waals surface area (Å²) in [6.07, 6.45) is 1.64. The largest absolute Gasteiger partial charge is 0.484 e. The number of oxazole rings is 1. The number of amides is 2. The average molecular weight is 418 g/mol. The first-order valence-electron chi connectivity index (χ1n) is 8.59. The van der Waals surface area contributed by atoms with E-state index in [1.54, 1.807) is 18.2 Å². The third-order valence-electron chi connectivity index (χ3n) is 3.89. The van der Waals surface area contributed by atoms with Crippen molar-refractivity contribution in [2.45, 2.75) is 6.42 Å². The summed E-state index contributed by atoms with van der Waals surface area (Å²) in [7, 11) is 0. The maximum Gasteiger partial charge on any atom is 0.257 e. The first-order chi connectivity index (χ1) is 13.9. The van der Waals surface area contributed by atoms with Gasteiger partial charge in [0.05, 0.1) is 5.02 Å². The van der Waals surface area contributed by atoms with E-state index in [2.05, 4.69) is 22.2 Å². The number of halogens is 2. The van der Waals surface area contributed by atoms with Crippen molar-refractivity contribution in [1.82, 2.24) is 15.6 Å². The topological polar surface area (TPSA) is 93.5 Å². The number of fused-ring (bicyclic) bond motifs is 1. The molecule has 1 aromatic heterocycles. The summed E-state index contributed by atoms with van der Waals surface area (Å²) < 4.78 is 23.6. The van der Waals surface area contributed by atoms with Crippen molar-refractivity contribution < 1.29 is 23.1 Å². The van der Waals surface area contributed by atoms with Crippen LogP contribution in [0, 0.1) is 5.82 Å². The zero-order chi connectivity index (χ0) is 20.8. The van der Waals surface area contributed by atoms with Crippen molar-refractivity contribution >= 4 is 34.5 Å². The Hall–Kier alpha value is -3.39. The lowest BCUT2D eigenvalue weighted by Gasteiger charge is -2.10. The molecular formula is C20H17ClFN3O4. The quantitative estimate of drug-likeness (QED) is 0.585. The second kappa shape index (κ2) is 9.20. The van der Waals surface area contributed by atoms with E-state index in [0.717, 1.165) is 6.07 Å². The first kappa shape index (κ1) is 20.3. The van der Waals surface area contributed by atoms with Gasteiger partial charge >= 0.3 is 0 Å². The summed E-state index contributed by atoms with van der Waals surface area (Å²) in [4.78, 5) is 28.1. The van der Waals surface area contributed by atoms with Gasteiger partial charge in [-0.3, -0.25) is 9.59 Å². The van der Waals surface area contributed by atoms with Crippen molar-refractivity contribution in [2.24, 2.45) is 0 Å². The molecule has 2 N–H and O–H groups in total. The summed E-state index contributed by atoms with van der Waals surface area (Å²) in [5.41, 5.74) is 2.03. The van der Waals surface area contributed by atoms with Crippen molar-refractivity contribution in [2.75, 3.05) is 13.2 Å². The number of benzene rings is 2. The van der Waals surface area contributed by atoms with E-state index in [0.29, 0.717) is 28.8 Å². The fourth-order valence-electron chi connectivity index (χ4n) is 2.41. The van der Waals surface area contributed by atoms with Gasteiger partial charge in [-0.05, 0) is 30.3 Å². The van der Waals surface area contributed by atoms with Crippen molar-refractivity contribution in [3.05, 3.63) is 71.5 Å². The molecule has 2 aromatic carbocycles. The van der Waals surface area contributed by atoms with E-state index in [9.17, 15) is 14.0 Å². The maximum atomic E-state index is 13.3. The Bertz CT molecular complexity index is 1070. The highest BCUT2D eigenvalue weighted by Gasteiger charge is 2.10. The number of nitrogens with zero attached hydrogens (tertiary/aromatic N) is 1. The van der Waals surface area contributed by atoms with Crippen molar-refractivity contribution in [1.29, 1.82) is 0 Å². The number of ether oxygens (including phenoxy) is 1. The predicted molar refractivity (Wildman–Crippen MR) is 105 cm³/mol. The second-order valence-corrected chi connectivity index (χ2v) is 6.46. The zero-order valence-corrected chi connectivity index (χ0v) is 16.0. The van der Waals surface area contributed by atoms with Crippen LogP contribution in [0.15, 0.2) is 59.5 Å². The summed E-state index contributed by atoms with van der Waals surface area (Å²) in [5.74, 6) is -1.16. The third-order valence-corrected chi connectivity index (χ3v) is 4.20. The molecule has 0 radical (unpaired) electrons. The van der Waals surface area contributed by atoms with Gasteiger partial charge in [0.25, 0.3) is 11.8 Å². The molecule has 7 nitrogen and oxygen atoms in total. The molecule has 0 saturated carbocycles. The molecule has 0 aliphatic carbocycles. The normalized spacial score (nSPS) is 10.6. The number of carbonyl (C=O) groups excluding carboxylic acids is 2. The molecule has 150 valence electrons. The van der Waals surface area contributed by atoms with Crippen LogP contribution in [-0.4, -0.2) is 29.9 Å². The number of hydrogen-bond acceptors (Lipinski definition) is 5. The molecule has 2 amide bonds. The van der Waals surface area contributed by atoms with Crippen LogP contribution in [0.25, 0.3) is 11.1 Å². The number of rotatable bonds is 8. The second-order valence-electron chi connectivity index (χ2n) is 6.06. The molecule has 29 heavy (non-hydrogen) atoms. The van der Waals surface area contributed by atoms with Gasteiger partial charge in [0.2, 0.25) is 0 Å². The fourth-order valence-corrected chi connectivity index (χ4v) is 2.53. The minimum atomic E-state index is -0.626. The standard InChI is InChI=1S/C20H17ClFN3O4/c1-12(25-20(27)13-2-5-18-17(8-13)24-11-29-18)6-7-23-19(26)10-28-14-3-4-15(21)16(22)9-14/h2-5,8-9,11H,1,6-7,10H2,(H,23,26)(H,25,27). The van der Waals surface area contributed by atoms with Gasteiger partial charge in [0.15, 0.2) is 18.6 Å². The molecule has 0 aliphatic rings. The van der Waals surface area contributed by atoms with E-state index < -0.39 is 11.7 Å². The number of carbonyl (C=O) groups is 2. The summed E-state index contributed by atoms with van der Waals surface area (Å²) in [6.45, 7) is 3.75. The van der Waals surface area contributed by atoms with Gasteiger partial charge in [-0.25, -0.2) is 9.37 Å². The lowest BCUT2D eigenvalue weighted by atomic mass is 10.2. The van der Waals surface area contributed by atoms with Crippen molar-refractivity contribution in [3.8, 4) is 5.75 Å². The molecule has 0 bridgehead atoms. The predicted octanol–water partition coefficient (Wildman–Crippen LogP) is 3.45. The van der Waals surface area contributed by atoms with Crippen LogP contribution in [0.2, 0.25) is 5.02 Å². The number of aromatic nitrogens is 1. The maximum absolute atomic E-state index is 13.3. The Labute approximate surface area is 170 Å². The average Bonchev–Trinajstić information content (AvgIpc) is 3.16. The third kappa shape index (κ3) is 5.55. The molecule has 9 heteroatoms. The zero-order valence-electron chi connectivity index (χ0n) is 15.2. The van der Waals surface area contributed by atoms with Crippen LogP contribution in [0.1, 0.15) is 16.8 Å². The van der Waals surface area contributed by atoms with Gasteiger partial charge in [0, 0.05) is 30.3 Å². The summed E-state index contributed by atoms with van der Waals surface area (Å²) in [6, 6.07) is 8.80. The van der Waals surface area contributed by atoms with Gasteiger partial charge in [-0.2, -0.15) is 0 Å². The van der Waals surface area contributed by atoms with Gasteiger partial charge in [-0.1, -0.05) is 18.2 Å². The van der Waals surface area contributed by atoms with E-state index in [1.807, 2.05) is 0 Å². The van der Waals surface area contributed by atoms with Crippen LogP contribution in [0.3, 0.4) is 0 Å². The molecule has 0 saturated heterocycles. The minimum Gasteiger partial charge on any atom is -0.484 e. The summed E-state index contributed by atoms with van der Waals surface area (Å²) >= 11 is 5.58. The molecule has 0 fully saturated rings. The number of hydrogen-bond donors (Lipinski definition) is 2. The van der Waals surface area contributed by atoms with Gasteiger partial charge in [0.1, 0.15) is 17.1 Å². The fraction of sp³-hybridized carbons (Fsp3) is 0.150. The Morgan fingerprint density at radius 3 is 2.86 bits per heavy atom. The molecule has 3 rings (SSSR count).